The average Bonchev–Trinajstić information content (AvgIpc) is 2.19. The highest BCUT2D eigenvalue weighted by atomic mass is 32.2. The van der Waals surface area contributed by atoms with E-state index in [1.54, 1.807) is 11.5 Å². The third-order valence-corrected chi connectivity index (χ3v) is 2.62. The highest BCUT2D eigenvalue weighted by molar-refractivity contribution is 7.88. The molecule has 0 bridgehead atoms. The van der Waals surface area contributed by atoms with Gasteiger partial charge in [-0.05, 0) is 19.1 Å². The predicted molar refractivity (Wildman–Crippen MR) is 56.8 cm³/mol. The van der Waals surface area contributed by atoms with Gasteiger partial charge in [-0.2, -0.15) is 0 Å². The van der Waals surface area contributed by atoms with Crippen LogP contribution in [0.1, 0.15) is 6.92 Å². The Morgan fingerprint density at radius 1 is 1.15 bits per heavy atom. The van der Waals surface area contributed by atoms with E-state index in [0.29, 0.717) is 0 Å². The summed E-state index contributed by atoms with van der Waals surface area (Å²) in [5.74, 6) is 0. The first-order valence-electron chi connectivity index (χ1n) is 4.09. The first kappa shape index (κ1) is 9.93. The minimum atomic E-state index is -1.02. The molecule has 0 aromatic heterocycles. The van der Waals surface area contributed by atoms with Crippen molar-refractivity contribution in [2.45, 2.75) is 11.8 Å². The monoisotopic (exact) mass is 192 g/mol. The van der Waals surface area contributed by atoms with E-state index in [2.05, 4.69) is 0 Å². The summed E-state index contributed by atoms with van der Waals surface area (Å²) >= 11 is 0. The molecule has 0 spiro atoms. The van der Waals surface area contributed by atoms with Crippen LogP contribution in [0.2, 0.25) is 0 Å². The summed E-state index contributed by atoms with van der Waals surface area (Å²) in [5, 5.41) is 1.68. The second-order valence-electron chi connectivity index (χ2n) is 2.46. The molecule has 1 aromatic carbocycles. The Bertz CT molecular complexity index is 325. The van der Waals surface area contributed by atoms with Crippen molar-refractivity contribution in [2.24, 2.45) is 0 Å². The molecule has 1 unspecified atom stereocenters. The number of hydrogen-bond acceptors (Lipinski definition) is 1. The quantitative estimate of drug-likeness (QED) is 0.673. The van der Waals surface area contributed by atoms with Gasteiger partial charge in [-0.1, -0.05) is 36.4 Å². The molecular weight excluding hydrogens is 180 g/mol. The van der Waals surface area contributed by atoms with Crippen LogP contribution in [0.25, 0.3) is 0 Å². The topological polar surface area (TPSA) is 17.1 Å². The first-order chi connectivity index (χ1) is 6.34. The molecule has 0 heterocycles. The zero-order valence-corrected chi connectivity index (χ0v) is 8.33. The van der Waals surface area contributed by atoms with Crippen LogP contribution in [0.5, 0.6) is 0 Å². The minimum Gasteiger partial charge on any atom is -0.250 e. The van der Waals surface area contributed by atoms with Crippen LogP contribution in [0, 0.1) is 0 Å². The molecule has 0 amide bonds. The molecule has 0 aliphatic heterocycles. The molecule has 2 heteroatoms. The van der Waals surface area contributed by atoms with Crippen molar-refractivity contribution < 1.29 is 4.21 Å². The smallest absolute Gasteiger partial charge is 0.0775 e. The number of rotatable bonds is 3. The van der Waals surface area contributed by atoms with E-state index in [1.165, 1.54) is 0 Å². The van der Waals surface area contributed by atoms with E-state index in [-0.39, 0.29) is 0 Å². The highest BCUT2D eigenvalue weighted by Crippen LogP contribution is 2.05. The molecule has 0 aliphatic carbocycles. The van der Waals surface area contributed by atoms with Gasteiger partial charge < -0.3 is 0 Å². The standard InChI is InChI=1S/C11H12OS/c1-2-3-7-10-13(12)11-8-5-4-6-9-11/h2-10H,1H3/b3-2+,10-7-. The first-order valence-corrected chi connectivity index (χ1v) is 5.31. The molecule has 1 aromatic rings. The van der Waals surface area contributed by atoms with Gasteiger partial charge in [0.15, 0.2) is 0 Å². The van der Waals surface area contributed by atoms with Crippen LogP contribution in [0.3, 0.4) is 0 Å². The van der Waals surface area contributed by atoms with Gasteiger partial charge in [0.2, 0.25) is 0 Å². The van der Waals surface area contributed by atoms with Crippen LogP contribution in [0.4, 0.5) is 0 Å². The Balaban J connectivity index is 2.70. The second kappa shape index (κ2) is 5.49. The van der Waals surface area contributed by atoms with Crippen molar-refractivity contribution in [3.05, 3.63) is 54.0 Å². The third-order valence-electron chi connectivity index (χ3n) is 1.48. The Hall–Kier alpha value is -1.15. The van der Waals surface area contributed by atoms with Crippen LogP contribution < -0.4 is 0 Å². The molecule has 0 saturated carbocycles. The summed E-state index contributed by atoms with van der Waals surface area (Å²) in [6.07, 6.45) is 5.56. The van der Waals surface area contributed by atoms with Gasteiger partial charge in [0.1, 0.15) is 0 Å². The molecule has 1 nitrogen and oxygen atoms in total. The summed E-state index contributed by atoms with van der Waals surface area (Å²) < 4.78 is 11.5. The maximum absolute atomic E-state index is 11.5. The lowest BCUT2D eigenvalue weighted by atomic mass is 10.4. The average molecular weight is 192 g/mol. The Morgan fingerprint density at radius 2 is 1.85 bits per heavy atom. The van der Waals surface area contributed by atoms with Crippen molar-refractivity contribution in [3.63, 3.8) is 0 Å². The largest absolute Gasteiger partial charge is 0.250 e. The molecule has 68 valence electrons. The Labute approximate surface area is 81.3 Å². The SMILES string of the molecule is C/C=C/C=C\S(=O)c1ccccc1. The number of allylic oxidation sites excluding steroid dienone is 3. The van der Waals surface area contributed by atoms with Gasteiger partial charge in [-0.3, -0.25) is 0 Å². The number of hydrogen-bond donors (Lipinski definition) is 0. The van der Waals surface area contributed by atoms with Crippen LogP contribution in [0.15, 0.2) is 58.9 Å². The van der Waals surface area contributed by atoms with Crippen molar-refractivity contribution in [2.75, 3.05) is 0 Å². The van der Waals surface area contributed by atoms with Gasteiger partial charge in [-0.15, -0.1) is 0 Å². The zero-order chi connectivity index (χ0) is 9.52. The van der Waals surface area contributed by atoms with E-state index in [0.717, 1.165) is 4.90 Å². The van der Waals surface area contributed by atoms with E-state index in [1.807, 2.05) is 49.4 Å². The Kier molecular flexibility index (Phi) is 4.19. The fourth-order valence-electron chi connectivity index (χ4n) is 0.861. The van der Waals surface area contributed by atoms with Crippen molar-refractivity contribution in [1.29, 1.82) is 0 Å². The number of benzene rings is 1. The summed E-state index contributed by atoms with van der Waals surface area (Å²) in [6, 6.07) is 9.40. The fourth-order valence-corrected chi connectivity index (χ4v) is 1.68. The van der Waals surface area contributed by atoms with Gasteiger partial charge in [-0.25, -0.2) is 4.21 Å². The summed E-state index contributed by atoms with van der Waals surface area (Å²) in [4.78, 5) is 0.836. The summed E-state index contributed by atoms with van der Waals surface area (Å²) in [6.45, 7) is 1.93. The van der Waals surface area contributed by atoms with Crippen molar-refractivity contribution in [3.8, 4) is 0 Å². The highest BCUT2D eigenvalue weighted by Gasteiger charge is 1.95. The minimum absolute atomic E-state index is 0.836. The molecule has 0 N–H and O–H groups in total. The maximum atomic E-state index is 11.5. The van der Waals surface area contributed by atoms with Gasteiger partial charge >= 0.3 is 0 Å². The van der Waals surface area contributed by atoms with E-state index >= 15 is 0 Å². The van der Waals surface area contributed by atoms with Crippen molar-refractivity contribution in [1.82, 2.24) is 0 Å². The van der Waals surface area contributed by atoms with Crippen LogP contribution in [-0.2, 0) is 10.8 Å². The molecule has 1 atom stereocenters. The van der Waals surface area contributed by atoms with Crippen LogP contribution >= 0.6 is 0 Å². The molecule has 0 saturated heterocycles. The normalized spacial score (nSPS) is 13.9. The summed E-state index contributed by atoms with van der Waals surface area (Å²) in [5.41, 5.74) is 0. The molecule has 0 fully saturated rings. The van der Waals surface area contributed by atoms with E-state index in [4.69, 9.17) is 0 Å². The molecule has 1 rings (SSSR count). The van der Waals surface area contributed by atoms with Gasteiger partial charge in [0.05, 0.1) is 10.8 Å². The molecule has 0 radical (unpaired) electrons. The molecular formula is C11H12OS. The zero-order valence-electron chi connectivity index (χ0n) is 7.51. The second-order valence-corrected chi connectivity index (χ2v) is 3.80. The lowest BCUT2D eigenvalue weighted by Gasteiger charge is -1.93. The van der Waals surface area contributed by atoms with E-state index in [9.17, 15) is 4.21 Å². The molecule has 0 aliphatic rings. The van der Waals surface area contributed by atoms with Gasteiger partial charge in [0.25, 0.3) is 0 Å². The molecule has 13 heavy (non-hydrogen) atoms. The summed E-state index contributed by atoms with van der Waals surface area (Å²) in [7, 11) is -1.02. The lowest BCUT2D eigenvalue weighted by molar-refractivity contribution is 0.688. The van der Waals surface area contributed by atoms with E-state index < -0.39 is 10.8 Å². The predicted octanol–water partition coefficient (Wildman–Crippen LogP) is 2.88. The van der Waals surface area contributed by atoms with Gasteiger partial charge in [0, 0.05) is 10.3 Å². The third kappa shape index (κ3) is 3.38. The fraction of sp³-hybridized carbons (Fsp3) is 0.0909. The Morgan fingerprint density at radius 3 is 2.46 bits per heavy atom. The lowest BCUT2D eigenvalue weighted by Crippen LogP contribution is -1.83. The maximum Gasteiger partial charge on any atom is 0.0775 e. The van der Waals surface area contributed by atoms with Crippen molar-refractivity contribution >= 4 is 10.8 Å². The van der Waals surface area contributed by atoms with Crippen LogP contribution in [-0.4, -0.2) is 4.21 Å².